The molecule has 3 aromatic heterocycles. The van der Waals surface area contributed by atoms with Gasteiger partial charge in [0.1, 0.15) is 5.52 Å². The van der Waals surface area contributed by atoms with E-state index < -0.39 is 5.82 Å². The van der Waals surface area contributed by atoms with Gasteiger partial charge in [-0.3, -0.25) is 9.48 Å². The number of aromatic nitrogens is 4. The Labute approximate surface area is 195 Å². The van der Waals surface area contributed by atoms with Crippen molar-refractivity contribution in [3.63, 3.8) is 0 Å². The van der Waals surface area contributed by atoms with Crippen molar-refractivity contribution in [3.8, 4) is 0 Å². The number of hydrogen-bond donors (Lipinski definition) is 3. The molecule has 1 aliphatic heterocycles. The number of rotatable bonds is 5. The number of carbonyl (C=O) groups excluding carboxylic acids is 1. The maximum absolute atomic E-state index is 14.4. The maximum Gasteiger partial charge on any atom is 0.257 e. The van der Waals surface area contributed by atoms with Crippen molar-refractivity contribution in [1.29, 1.82) is 0 Å². The van der Waals surface area contributed by atoms with Gasteiger partial charge in [-0.2, -0.15) is 5.10 Å². The Balaban J connectivity index is 0.00000259. The fraction of sp³-hybridized carbons (Fsp3) is 0.318. The first-order valence-electron chi connectivity index (χ1n) is 10.6. The molecule has 5 rings (SSSR count). The van der Waals surface area contributed by atoms with Crippen molar-refractivity contribution in [2.75, 3.05) is 43.0 Å². The van der Waals surface area contributed by atoms with Crippen LogP contribution in [0, 0.1) is 12.7 Å². The molecule has 0 unspecified atom stereocenters. The van der Waals surface area contributed by atoms with E-state index in [0.29, 0.717) is 29.0 Å². The van der Waals surface area contributed by atoms with Crippen LogP contribution in [-0.4, -0.2) is 63.0 Å². The zero-order chi connectivity index (χ0) is 22.2. The van der Waals surface area contributed by atoms with Crippen LogP contribution >= 0.6 is 12.4 Å². The number of aliphatic hydroxyl groups is 1. The lowest BCUT2D eigenvalue weighted by Gasteiger charge is -2.30. The fourth-order valence-electron chi connectivity index (χ4n) is 4.17. The van der Waals surface area contributed by atoms with Crippen LogP contribution < -0.4 is 15.5 Å². The van der Waals surface area contributed by atoms with E-state index in [4.69, 9.17) is 0 Å². The lowest BCUT2D eigenvalue weighted by Crippen LogP contribution is -2.43. The van der Waals surface area contributed by atoms with Crippen molar-refractivity contribution in [2.24, 2.45) is 0 Å². The van der Waals surface area contributed by atoms with Gasteiger partial charge in [-0.25, -0.2) is 9.37 Å². The highest BCUT2D eigenvalue weighted by Gasteiger charge is 2.21. The smallest absolute Gasteiger partial charge is 0.257 e. The summed E-state index contributed by atoms with van der Waals surface area (Å²) in [6.45, 7) is 5.54. The third kappa shape index (κ3) is 4.37. The highest BCUT2D eigenvalue weighted by Crippen LogP contribution is 2.30. The Morgan fingerprint density at radius 3 is 2.79 bits per heavy atom. The van der Waals surface area contributed by atoms with E-state index in [1.54, 1.807) is 34.5 Å². The number of anilines is 2. The number of hydrogen-bond acceptors (Lipinski definition) is 6. The molecule has 9 nitrogen and oxygen atoms in total. The van der Waals surface area contributed by atoms with Gasteiger partial charge >= 0.3 is 0 Å². The van der Waals surface area contributed by atoms with Gasteiger partial charge in [-0.05, 0) is 19.1 Å². The van der Waals surface area contributed by atoms with Gasteiger partial charge in [0.2, 0.25) is 0 Å². The Kier molecular flexibility index (Phi) is 6.50. The summed E-state index contributed by atoms with van der Waals surface area (Å²) in [5.41, 5.74) is 3.16. The van der Waals surface area contributed by atoms with Crippen LogP contribution in [0.2, 0.25) is 0 Å². The first kappa shape index (κ1) is 23.0. The zero-order valence-corrected chi connectivity index (χ0v) is 18.9. The summed E-state index contributed by atoms with van der Waals surface area (Å²) in [6, 6.07) is 4.94. The Bertz CT molecular complexity index is 1310. The van der Waals surface area contributed by atoms with Crippen LogP contribution in [0.1, 0.15) is 16.1 Å². The van der Waals surface area contributed by atoms with E-state index in [-0.39, 0.29) is 30.6 Å². The number of halogens is 2. The largest absolute Gasteiger partial charge is 0.394 e. The first-order chi connectivity index (χ1) is 15.5. The van der Waals surface area contributed by atoms with Gasteiger partial charge in [0, 0.05) is 61.9 Å². The van der Waals surface area contributed by atoms with Crippen molar-refractivity contribution in [2.45, 2.75) is 13.5 Å². The number of benzene rings is 1. The van der Waals surface area contributed by atoms with Gasteiger partial charge in [0.15, 0.2) is 11.5 Å². The minimum absolute atomic E-state index is 0. The quantitative estimate of drug-likeness (QED) is 0.411. The second-order valence-electron chi connectivity index (χ2n) is 7.89. The lowest BCUT2D eigenvalue weighted by molar-refractivity contribution is 0.102. The average molecular weight is 474 g/mol. The predicted molar refractivity (Wildman–Crippen MR) is 127 cm³/mol. The number of carbonyl (C=O) groups is 1. The number of nitrogens with zero attached hydrogens (tertiary/aromatic N) is 5. The number of nitrogens with one attached hydrogen (secondary N) is 2. The summed E-state index contributed by atoms with van der Waals surface area (Å²) >= 11 is 0. The molecule has 0 aliphatic carbocycles. The van der Waals surface area contributed by atoms with Crippen molar-refractivity contribution >= 4 is 46.2 Å². The number of amides is 1. The molecule has 1 amide bonds. The van der Waals surface area contributed by atoms with Crippen molar-refractivity contribution in [1.82, 2.24) is 24.5 Å². The average Bonchev–Trinajstić information content (AvgIpc) is 3.37. The second kappa shape index (κ2) is 9.34. The summed E-state index contributed by atoms with van der Waals surface area (Å²) in [7, 11) is 0. The number of fused-ring (bicyclic) bond motifs is 2. The third-order valence-corrected chi connectivity index (χ3v) is 5.62. The number of pyridine rings is 1. The van der Waals surface area contributed by atoms with E-state index in [2.05, 4.69) is 25.6 Å². The standard InChI is InChI=1S/C22H24FN7O2.ClH/c1-14-11-29-12-15(10-18(23)21(29)25-14)26-22(32)16-2-3-19(28-6-4-24-5-7-28)17-13-30(8-9-31)27-20(16)17;/h2-3,10-13,24,31H,4-9H2,1H3,(H,26,32);1H. The van der Waals surface area contributed by atoms with Gasteiger partial charge in [-0.1, -0.05) is 0 Å². The monoisotopic (exact) mass is 473 g/mol. The summed E-state index contributed by atoms with van der Waals surface area (Å²) < 4.78 is 17.6. The van der Waals surface area contributed by atoms with Crippen LogP contribution in [0.4, 0.5) is 15.8 Å². The van der Waals surface area contributed by atoms with E-state index >= 15 is 0 Å². The summed E-state index contributed by atoms with van der Waals surface area (Å²) in [5.74, 6) is -0.894. The molecule has 1 aromatic carbocycles. The molecule has 0 spiro atoms. The highest BCUT2D eigenvalue weighted by atomic mass is 35.5. The zero-order valence-electron chi connectivity index (χ0n) is 18.1. The molecule has 4 heterocycles. The van der Waals surface area contributed by atoms with Crippen LogP contribution in [0.3, 0.4) is 0 Å². The van der Waals surface area contributed by atoms with Crippen LogP contribution in [0.5, 0.6) is 0 Å². The van der Waals surface area contributed by atoms with E-state index in [1.165, 1.54) is 6.07 Å². The molecule has 0 saturated carbocycles. The number of piperazine rings is 1. The molecule has 11 heteroatoms. The molecular weight excluding hydrogens is 449 g/mol. The first-order valence-corrected chi connectivity index (χ1v) is 10.6. The number of aliphatic hydroxyl groups excluding tert-OH is 1. The Morgan fingerprint density at radius 2 is 2.03 bits per heavy atom. The predicted octanol–water partition coefficient (Wildman–Crippen LogP) is 2.21. The molecule has 0 atom stereocenters. The van der Waals surface area contributed by atoms with Gasteiger partial charge in [0.25, 0.3) is 5.91 Å². The molecule has 0 radical (unpaired) electrons. The minimum Gasteiger partial charge on any atom is -0.394 e. The minimum atomic E-state index is -0.512. The molecule has 4 aromatic rings. The molecule has 1 aliphatic rings. The van der Waals surface area contributed by atoms with Crippen LogP contribution in [0.15, 0.2) is 36.8 Å². The molecule has 0 bridgehead atoms. The summed E-state index contributed by atoms with van der Waals surface area (Å²) in [6.07, 6.45) is 5.19. The maximum atomic E-state index is 14.4. The third-order valence-electron chi connectivity index (χ3n) is 5.62. The Hall–Kier alpha value is -3.21. The van der Waals surface area contributed by atoms with E-state index in [0.717, 1.165) is 37.3 Å². The lowest BCUT2D eigenvalue weighted by atomic mass is 10.1. The number of aryl methyl sites for hydroxylation is 1. The topological polar surface area (TPSA) is 99.7 Å². The van der Waals surface area contributed by atoms with Gasteiger partial charge in [0.05, 0.1) is 30.1 Å². The Morgan fingerprint density at radius 1 is 1.24 bits per heavy atom. The highest BCUT2D eigenvalue weighted by molar-refractivity contribution is 6.13. The van der Waals surface area contributed by atoms with Crippen LogP contribution in [-0.2, 0) is 6.54 Å². The molecule has 1 saturated heterocycles. The molecule has 1 fully saturated rings. The molecule has 174 valence electrons. The van der Waals surface area contributed by atoms with Gasteiger partial charge < -0.3 is 25.0 Å². The summed E-state index contributed by atoms with van der Waals surface area (Å²) in [4.78, 5) is 19.6. The molecule has 33 heavy (non-hydrogen) atoms. The number of imidazole rings is 1. The van der Waals surface area contributed by atoms with Crippen molar-refractivity contribution in [3.05, 3.63) is 53.9 Å². The molecular formula is C22H25ClFN7O2. The summed E-state index contributed by atoms with van der Waals surface area (Å²) in [5, 5.41) is 20.9. The van der Waals surface area contributed by atoms with E-state index in [1.807, 2.05) is 12.3 Å². The van der Waals surface area contributed by atoms with Gasteiger partial charge in [-0.15, -0.1) is 12.4 Å². The second-order valence-corrected chi connectivity index (χ2v) is 7.89. The van der Waals surface area contributed by atoms with E-state index in [9.17, 15) is 14.3 Å². The fourth-order valence-corrected chi connectivity index (χ4v) is 4.17. The molecule has 3 N–H and O–H groups in total. The van der Waals surface area contributed by atoms with Crippen molar-refractivity contribution < 1.29 is 14.3 Å². The normalized spacial score (nSPS) is 14.0. The SMILES string of the molecule is Cc1cn2cc(NC(=O)c3ccc(N4CCNCC4)c4cn(CCO)nc34)cc(F)c2n1.Cl. The van der Waals surface area contributed by atoms with Crippen LogP contribution in [0.25, 0.3) is 16.6 Å².